The molecule has 222 valence electrons. The second-order valence-electron chi connectivity index (χ2n) is 10.0. The molecule has 9 nitrogen and oxygen atoms in total. The third kappa shape index (κ3) is 6.45. The maximum atomic E-state index is 15.5. The van der Waals surface area contributed by atoms with Crippen molar-refractivity contribution >= 4 is 28.4 Å². The summed E-state index contributed by atoms with van der Waals surface area (Å²) in [4.78, 5) is 36.3. The van der Waals surface area contributed by atoms with Crippen LogP contribution in [0.2, 0.25) is 0 Å². The number of ether oxygens (including phenoxy) is 2. The molecule has 44 heavy (non-hydrogen) atoms. The van der Waals surface area contributed by atoms with Crippen LogP contribution in [0.3, 0.4) is 0 Å². The normalized spacial score (nSPS) is 11.7. The lowest BCUT2D eigenvalue weighted by Gasteiger charge is -2.16. The van der Waals surface area contributed by atoms with E-state index in [0.717, 1.165) is 6.07 Å². The van der Waals surface area contributed by atoms with Crippen LogP contribution >= 0.6 is 0 Å². The summed E-state index contributed by atoms with van der Waals surface area (Å²) in [5, 5.41) is 0. The summed E-state index contributed by atoms with van der Waals surface area (Å²) in [5.41, 5.74) is 8.90. The third-order valence-electron chi connectivity index (χ3n) is 7.15. The van der Waals surface area contributed by atoms with Crippen LogP contribution in [0.4, 0.5) is 14.5 Å². The Labute approximate surface area is 251 Å². The molecule has 0 saturated carbocycles. The van der Waals surface area contributed by atoms with Gasteiger partial charge >= 0.3 is 0 Å². The van der Waals surface area contributed by atoms with E-state index >= 15 is 4.39 Å². The van der Waals surface area contributed by atoms with Crippen molar-refractivity contribution in [1.29, 1.82) is 0 Å². The van der Waals surface area contributed by atoms with E-state index in [-0.39, 0.29) is 42.5 Å². The van der Waals surface area contributed by atoms with Gasteiger partial charge in [-0.15, -0.1) is 0 Å². The topological polar surface area (TPSA) is 114 Å². The van der Waals surface area contributed by atoms with Crippen LogP contribution in [0.5, 0.6) is 5.88 Å². The number of carbonyl (C=O) groups excluding carboxylic acids is 2. The Kier molecular flexibility index (Phi) is 8.73. The molecular formula is C33H27F2N5O4. The molecule has 0 radical (unpaired) electrons. The summed E-state index contributed by atoms with van der Waals surface area (Å²) in [6, 6.07) is 18.9. The molecule has 2 N–H and O–H groups in total. The van der Waals surface area contributed by atoms with Crippen LogP contribution < -0.4 is 10.5 Å². The molecule has 0 fully saturated rings. The minimum absolute atomic E-state index is 0.0308. The van der Waals surface area contributed by atoms with E-state index in [1.165, 1.54) is 32.2 Å². The minimum atomic E-state index is -0.963. The van der Waals surface area contributed by atoms with Crippen molar-refractivity contribution in [3.05, 3.63) is 118 Å². The summed E-state index contributed by atoms with van der Waals surface area (Å²) >= 11 is 0. The van der Waals surface area contributed by atoms with Gasteiger partial charge in [-0.2, -0.15) is 0 Å². The van der Waals surface area contributed by atoms with Crippen molar-refractivity contribution in [3.8, 4) is 17.1 Å². The number of methoxy groups -OCH3 is 1. The number of hydrogen-bond acceptors (Lipinski definition) is 6. The average molecular weight is 596 g/mol. The molecule has 0 aliphatic carbocycles. The SMILES string of the molecule is [C-]#[N+]c1ccc(COc2cccc(-c3ccc(Cc4nc5ccc(C(C)=O)cc5n4CC(OC)C(N)=O)c(F)c3)n2)c(F)c1. The molecule has 0 bridgehead atoms. The lowest BCUT2D eigenvalue weighted by Crippen LogP contribution is -2.34. The Bertz CT molecular complexity index is 1930. The van der Waals surface area contributed by atoms with E-state index < -0.39 is 23.6 Å². The molecule has 0 aliphatic heterocycles. The molecule has 0 saturated heterocycles. The molecule has 11 heteroatoms. The number of primary amides is 1. The van der Waals surface area contributed by atoms with Gasteiger partial charge in [0, 0.05) is 36.3 Å². The largest absolute Gasteiger partial charge is 0.473 e. The fourth-order valence-electron chi connectivity index (χ4n) is 4.73. The van der Waals surface area contributed by atoms with Gasteiger partial charge in [-0.1, -0.05) is 30.3 Å². The number of aromatic nitrogens is 3. The van der Waals surface area contributed by atoms with E-state index in [2.05, 4.69) is 14.8 Å². The summed E-state index contributed by atoms with van der Waals surface area (Å²) in [5.74, 6) is -1.17. The lowest BCUT2D eigenvalue weighted by atomic mass is 10.1. The number of amides is 1. The van der Waals surface area contributed by atoms with Gasteiger partial charge in [-0.05, 0) is 48.9 Å². The first-order valence-corrected chi connectivity index (χ1v) is 13.5. The van der Waals surface area contributed by atoms with Crippen molar-refractivity contribution in [2.75, 3.05) is 7.11 Å². The molecule has 2 heterocycles. The predicted molar refractivity (Wildman–Crippen MR) is 159 cm³/mol. The van der Waals surface area contributed by atoms with Crippen molar-refractivity contribution in [2.45, 2.75) is 32.6 Å². The van der Waals surface area contributed by atoms with E-state index in [1.807, 2.05) is 0 Å². The second kappa shape index (κ2) is 12.8. The smallest absolute Gasteiger partial charge is 0.248 e. The predicted octanol–water partition coefficient (Wildman–Crippen LogP) is 5.80. The van der Waals surface area contributed by atoms with Crippen LogP contribution in [0.25, 0.3) is 27.1 Å². The molecule has 2 aromatic heterocycles. The molecule has 0 aliphatic rings. The molecule has 5 aromatic rings. The zero-order valence-electron chi connectivity index (χ0n) is 23.9. The highest BCUT2D eigenvalue weighted by Gasteiger charge is 2.21. The third-order valence-corrected chi connectivity index (χ3v) is 7.15. The lowest BCUT2D eigenvalue weighted by molar-refractivity contribution is -0.128. The van der Waals surface area contributed by atoms with Crippen molar-refractivity contribution in [2.24, 2.45) is 5.73 Å². The fourth-order valence-corrected chi connectivity index (χ4v) is 4.73. The number of pyridine rings is 1. The number of carbonyl (C=O) groups is 2. The molecule has 5 rings (SSSR count). The van der Waals surface area contributed by atoms with Crippen LogP contribution in [0.1, 0.15) is 34.2 Å². The number of Topliss-reactive ketones (excluding diaryl/α,β-unsaturated/α-hetero) is 1. The van der Waals surface area contributed by atoms with Gasteiger partial charge in [0.2, 0.25) is 11.8 Å². The summed E-state index contributed by atoms with van der Waals surface area (Å²) in [6.07, 6.45) is -0.880. The molecule has 1 unspecified atom stereocenters. The highest BCUT2D eigenvalue weighted by Crippen LogP contribution is 2.27. The Morgan fingerprint density at radius 2 is 1.77 bits per heavy atom. The number of imidazole rings is 1. The molecular weight excluding hydrogens is 568 g/mol. The number of rotatable bonds is 11. The van der Waals surface area contributed by atoms with Gasteiger partial charge in [0.15, 0.2) is 17.6 Å². The number of nitrogens with zero attached hydrogens (tertiary/aromatic N) is 4. The van der Waals surface area contributed by atoms with Crippen molar-refractivity contribution < 1.29 is 27.8 Å². The second-order valence-corrected chi connectivity index (χ2v) is 10.0. The monoisotopic (exact) mass is 595 g/mol. The summed E-state index contributed by atoms with van der Waals surface area (Å²) in [7, 11) is 1.37. The quantitative estimate of drug-likeness (QED) is 0.153. The maximum absolute atomic E-state index is 15.5. The molecule has 0 spiro atoms. The van der Waals surface area contributed by atoms with Crippen molar-refractivity contribution in [3.63, 3.8) is 0 Å². The standard InChI is InChI=1S/C33H27F2N5O4/c1-19(41)20-10-12-28-29(14-20)40(17-30(43-3)33(36)42)31(38-28)15-21-7-8-22(13-25(21)34)27-5-4-6-32(39-27)44-18-23-9-11-24(37-2)16-26(23)35/h4-14,16,30H,15,17-18H2,1,3H3,(H2,36,42). The zero-order chi connectivity index (χ0) is 31.4. The van der Waals surface area contributed by atoms with Crippen molar-refractivity contribution in [1.82, 2.24) is 14.5 Å². The first-order chi connectivity index (χ1) is 21.2. The average Bonchev–Trinajstić information content (AvgIpc) is 3.35. The van der Waals surface area contributed by atoms with E-state index in [4.69, 9.17) is 21.8 Å². The number of benzene rings is 3. The number of halogens is 2. The van der Waals surface area contributed by atoms with E-state index in [0.29, 0.717) is 39.2 Å². The van der Waals surface area contributed by atoms with Gasteiger partial charge in [0.1, 0.15) is 24.1 Å². The minimum Gasteiger partial charge on any atom is -0.473 e. The fraction of sp³-hybridized carbons (Fsp3) is 0.182. The van der Waals surface area contributed by atoms with Crippen LogP contribution in [-0.4, -0.2) is 39.4 Å². The summed E-state index contributed by atoms with van der Waals surface area (Å²) < 4.78 is 42.4. The number of fused-ring (bicyclic) bond motifs is 1. The number of hydrogen-bond donors (Lipinski definition) is 1. The number of ketones is 1. The van der Waals surface area contributed by atoms with Crippen LogP contribution in [0.15, 0.2) is 72.8 Å². The Morgan fingerprint density at radius 3 is 2.45 bits per heavy atom. The van der Waals surface area contributed by atoms with Gasteiger partial charge in [0.05, 0.1) is 29.8 Å². The Balaban J connectivity index is 1.40. The van der Waals surface area contributed by atoms with E-state index in [1.54, 1.807) is 53.1 Å². The van der Waals surface area contributed by atoms with Gasteiger partial charge in [-0.25, -0.2) is 23.6 Å². The molecule has 1 atom stereocenters. The van der Waals surface area contributed by atoms with Gasteiger partial charge in [-0.3, -0.25) is 9.59 Å². The zero-order valence-corrected chi connectivity index (χ0v) is 23.9. The van der Waals surface area contributed by atoms with Crippen LogP contribution in [-0.2, 0) is 29.1 Å². The molecule has 3 aromatic carbocycles. The van der Waals surface area contributed by atoms with Crippen LogP contribution in [0, 0.1) is 18.2 Å². The molecule has 1 amide bonds. The summed E-state index contributed by atoms with van der Waals surface area (Å²) in [6.45, 7) is 8.38. The Hall–Kier alpha value is -5.47. The van der Waals surface area contributed by atoms with Gasteiger partial charge in [0.25, 0.3) is 0 Å². The van der Waals surface area contributed by atoms with Gasteiger partial charge < -0.3 is 19.8 Å². The first-order valence-electron chi connectivity index (χ1n) is 13.5. The highest BCUT2D eigenvalue weighted by molar-refractivity contribution is 5.97. The number of nitrogens with two attached hydrogens (primary N) is 1. The first kappa shape index (κ1) is 30.0. The van der Waals surface area contributed by atoms with E-state index in [9.17, 15) is 14.0 Å². The highest BCUT2D eigenvalue weighted by atomic mass is 19.1. The maximum Gasteiger partial charge on any atom is 0.248 e. The Morgan fingerprint density at radius 1 is 1.00 bits per heavy atom.